The Morgan fingerprint density at radius 1 is 1.20 bits per heavy atom. The van der Waals surface area contributed by atoms with Crippen molar-refractivity contribution in [2.45, 2.75) is 0 Å². The van der Waals surface area contributed by atoms with Crippen LogP contribution >= 0.6 is 0 Å². The molecule has 0 atom stereocenters. The third kappa shape index (κ3) is 4.38. The Kier molecular flexibility index (Phi) is 4.88. The van der Waals surface area contributed by atoms with Crippen molar-refractivity contribution >= 4 is 15.5 Å². The predicted octanol–water partition coefficient (Wildman–Crippen LogP) is 0.862. The molecule has 1 aromatic carbocycles. The molecule has 2 rings (SSSR count). The van der Waals surface area contributed by atoms with Crippen LogP contribution in [0.2, 0.25) is 0 Å². The van der Waals surface area contributed by atoms with Gasteiger partial charge in [-0.1, -0.05) is 6.07 Å². The number of ether oxygens (including phenoxy) is 1. The highest BCUT2D eigenvalue weighted by Gasteiger charge is 2.18. The number of hydrogen-bond acceptors (Lipinski definition) is 5. The molecule has 1 aromatic rings. The number of nitrogens with zero attached hydrogens (tertiary/aromatic N) is 2. The third-order valence-electron chi connectivity index (χ3n) is 3.57. The van der Waals surface area contributed by atoms with Crippen LogP contribution in [0.15, 0.2) is 24.3 Å². The van der Waals surface area contributed by atoms with Crippen LogP contribution in [0.1, 0.15) is 0 Å². The van der Waals surface area contributed by atoms with Crippen molar-refractivity contribution in [3.8, 4) is 5.75 Å². The van der Waals surface area contributed by atoms with Crippen LogP contribution in [-0.2, 0) is 9.84 Å². The molecule has 6 heteroatoms. The van der Waals surface area contributed by atoms with E-state index in [0.717, 1.165) is 37.6 Å². The average Bonchev–Trinajstić information content (AvgIpc) is 2.45. The largest absolute Gasteiger partial charge is 0.497 e. The first-order valence-corrected chi connectivity index (χ1v) is 8.83. The van der Waals surface area contributed by atoms with Crippen LogP contribution < -0.4 is 9.64 Å². The van der Waals surface area contributed by atoms with E-state index < -0.39 is 9.84 Å². The zero-order chi connectivity index (χ0) is 14.6. The number of methoxy groups -OCH3 is 1. The summed E-state index contributed by atoms with van der Waals surface area (Å²) in [4.78, 5) is 4.51. The van der Waals surface area contributed by atoms with Crippen LogP contribution in [0.4, 0.5) is 5.69 Å². The molecule has 112 valence electrons. The van der Waals surface area contributed by atoms with Gasteiger partial charge >= 0.3 is 0 Å². The van der Waals surface area contributed by atoms with Crippen molar-refractivity contribution < 1.29 is 13.2 Å². The van der Waals surface area contributed by atoms with Gasteiger partial charge in [0.2, 0.25) is 0 Å². The van der Waals surface area contributed by atoms with Crippen LogP contribution in [0.25, 0.3) is 0 Å². The van der Waals surface area contributed by atoms with Gasteiger partial charge in [0.05, 0.1) is 12.9 Å². The van der Waals surface area contributed by atoms with Gasteiger partial charge in [-0.25, -0.2) is 8.42 Å². The second-order valence-corrected chi connectivity index (χ2v) is 7.42. The van der Waals surface area contributed by atoms with Crippen molar-refractivity contribution in [2.75, 3.05) is 56.7 Å². The normalized spacial score (nSPS) is 17.2. The molecular weight excluding hydrogens is 276 g/mol. The number of hydrogen-bond donors (Lipinski definition) is 0. The Hall–Kier alpha value is -1.27. The molecule has 20 heavy (non-hydrogen) atoms. The van der Waals surface area contributed by atoms with E-state index >= 15 is 0 Å². The van der Waals surface area contributed by atoms with Gasteiger partial charge in [0.25, 0.3) is 0 Å². The van der Waals surface area contributed by atoms with E-state index in [0.29, 0.717) is 6.54 Å². The van der Waals surface area contributed by atoms with Gasteiger partial charge in [0.15, 0.2) is 0 Å². The van der Waals surface area contributed by atoms with Gasteiger partial charge < -0.3 is 9.64 Å². The van der Waals surface area contributed by atoms with E-state index in [-0.39, 0.29) is 5.75 Å². The lowest BCUT2D eigenvalue weighted by atomic mass is 10.2. The van der Waals surface area contributed by atoms with Gasteiger partial charge in [0.1, 0.15) is 15.6 Å². The summed E-state index contributed by atoms with van der Waals surface area (Å²) in [5, 5.41) is 0. The molecule has 1 fully saturated rings. The number of piperazine rings is 1. The molecule has 0 aromatic heterocycles. The lowest BCUT2D eigenvalue weighted by molar-refractivity contribution is 0.272. The topological polar surface area (TPSA) is 49.9 Å². The molecular formula is C14H22N2O3S. The molecule has 0 radical (unpaired) electrons. The molecule has 0 spiro atoms. The Morgan fingerprint density at radius 3 is 2.50 bits per heavy atom. The maximum absolute atomic E-state index is 11.2. The molecule has 0 aliphatic carbocycles. The second-order valence-electron chi connectivity index (χ2n) is 5.16. The first kappa shape index (κ1) is 15.1. The summed E-state index contributed by atoms with van der Waals surface area (Å²) in [5.74, 6) is 1.11. The lowest BCUT2D eigenvalue weighted by Crippen LogP contribution is -2.47. The Bertz CT molecular complexity index is 537. The Balaban J connectivity index is 1.87. The number of anilines is 1. The molecule has 5 nitrogen and oxygen atoms in total. The van der Waals surface area contributed by atoms with Crippen molar-refractivity contribution in [1.82, 2.24) is 4.90 Å². The van der Waals surface area contributed by atoms with Gasteiger partial charge in [-0.3, -0.25) is 4.90 Å². The second kappa shape index (κ2) is 6.45. The highest BCUT2D eigenvalue weighted by molar-refractivity contribution is 7.90. The monoisotopic (exact) mass is 298 g/mol. The van der Waals surface area contributed by atoms with Crippen LogP contribution in [0, 0.1) is 0 Å². The summed E-state index contributed by atoms with van der Waals surface area (Å²) < 4.78 is 27.6. The van der Waals surface area contributed by atoms with E-state index in [1.165, 1.54) is 6.26 Å². The summed E-state index contributed by atoms with van der Waals surface area (Å²) in [6.45, 7) is 4.25. The minimum atomic E-state index is -2.87. The fourth-order valence-corrected chi connectivity index (χ4v) is 2.92. The average molecular weight is 298 g/mol. The predicted molar refractivity (Wildman–Crippen MR) is 81.4 cm³/mol. The van der Waals surface area contributed by atoms with E-state index in [9.17, 15) is 8.42 Å². The smallest absolute Gasteiger partial charge is 0.148 e. The summed E-state index contributed by atoms with van der Waals surface area (Å²) in [6, 6.07) is 8.04. The molecule has 1 aliphatic heterocycles. The molecule has 1 heterocycles. The lowest BCUT2D eigenvalue weighted by Gasteiger charge is -2.36. The van der Waals surface area contributed by atoms with Crippen LogP contribution in [0.3, 0.4) is 0 Å². The third-order valence-corrected chi connectivity index (χ3v) is 4.49. The summed E-state index contributed by atoms with van der Waals surface area (Å²) in [5.41, 5.74) is 1.16. The summed E-state index contributed by atoms with van der Waals surface area (Å²) in [6.07, 6.45) is 1.29. The zero-order valence-electron chi connectivity index (χ0n) is 12.1. The van der Waals surface area contributed by atoms with Crippen molar-refractivity contribution in [2.24, 2.45) is 0 Å². The minimum Gasteiger partial charge on any atom is -0.497 e. The first-order valence-electron chi connectivity index (χ1n) is 6.77. The number of sulfone groups is 1. The van der Waals surface area contributed by atoms with E-state index in [4.69, 9.17) is 4.74 Å². The molecule has 0 saturated carbocycles. The molecule has 0 amide bonds. The molecule has 1 aliphatic rings. The fraction of sp³-hybridized carbons (Fsp3) is 0.571. The van der Waals surface area contributed by atoms with E-state index in [1.807, 2.05) is 18.2 Å². The van der Waals surface area contributed by atoms with E-state index in [1.54, 1.807) is 7.11 Å². The number of rotatable bonds is 5. The zero-order valence-corrected chi connectivity index (χ0v) is 12.9. The number of benzene rings is 1. The highest BCUT2D eigenvalue weighted by atomic mass is 32.2. The molecule has 0 bridgehead atoms. The van der Waals surface area contributed by atoms with Gasteiger partial charge in [0, 0.05) is 50.7 Å². The Morgan fingerprint density at radius 2 is 1.90 bits per heavy atom. The quantitative estimate of drug-likeness (QED) is 0.807. The maximum atomic E-state index is 11.2. The van der Waals surface area contributed by atoms with Crippen molar-refractivity contribution in [3.05, 3.63) is 24.3 Å². The van der Waals surface area contributed by atoms with Crippen molar-refractivity contribution in [3.63, 3.8) is 0 Å². The van der Waals surface area contributed by atoms with Crippen molar-refractivity contribution in [1.29, 1.82) is 0 Å². The van der Waals surface area contributed by atoms with Gasteiger partial charge in [-0.15, -0.1) is 0 Å². The Labute approximate surface area is 121 Å². The summed E-state index contributed by atoms with van der Waals surface area (Å²) >= 11 is 0. The van der Waals surface area contributed by atoms with Gasteiger partial charge in [-0.2, -0.15) is 0 Å². The maximum Gasteiger partial charge on any atom is 0.148 e. The van der Waals surface area contributed by atoms with Crippen LogP contribution in [0.5, 0.6) is 5.75 Å². The molecule has 0 unspecified atom stereocenters. The highest BCUT2D eigenvalue weighted by Crippen LogP contribution is 2.21. The van der Waals surface area contributed by atoms with Crippen LogP contribution in [-0.4, -0.2) is 65.2 Å². The van der Waals surface area contributed by atoms with Gasteiger partial charge in [-0.05, 0) is 12.1 Å². The fourth-order valence-electron chi connectivity index (χ4n) is 2.33. The molecule has 0 N–H and O–H groups in total. The first-order chi connectivity index (χ1) is 9.48. The van der Waals surface area contributed by atoms with E-state index in [2.05, 4.69) is 15.9 Å². The standard InChI is InChI=1S/C14H22N2O3S/c1-19-14-5-3-4-13(12-14)16-8-6-15(7-9-16)10-11-20(2,17)18/h3-5,12H,6-11H2,1-2H3. The minimum absolute atomic E-state index is 0.242. The summed E-state index contributed by atoms with van der Waals surface area (Å²) in [7, 11) is -1.20. The SMILES string of the molecule is COc1cccc(N2CCN(CCS(C)(=O)=O)CC2)c1. The molecule has 1 saturated heterocycles.